The van der Waals surface area contributed by atoms with Crippen molar-refractivity contribution in [1.29, 1.82) is 0 Å². The van der Waals surface area contributed by atoms with Crippen LogP contribution in [-0.4, -0.2) is 14.1 Å². The van der Waals surface area contributed by atoms with Gasteiger partial charge in [0.2, 0.25) is 0 Å². The van der Waals surface area contributed by atoms with E-state index in [1.807, 2.05) is 29.8 Å². The topological polar surface area (TPSA) is 22.8 Å². The molecule has 0 unspecified atom stereocenters. The maximum absolute atomic E-state index is 4.59. The van der Waals surface area contributed by atoms with Crippen molar-refractivity contribution in [1.82, 2.24) is 14.1 Å². The van der Waals surface area contributed by atoms with Gasteiger partial charge in [0.05, 0.1) is 28.4 Å². The highest BCUT2D eigenvalue weighted by molar-refractivity contribution is 7.26. The highest BCUT2D eigenvalue weighted by Crippen LogP contribution is 2.41. The van der Waals surface area contributed by atoms with Gasteiger partial charge in [0.1, 0.15) is 0 Å². The molecule has 0 amide bonds. The average molecular weight is 684 g/mol. The fourth-order valence-corrected chi connectivity index (χ4v) is 9.28. The van der Waals surface area contributed by atoms with Crippen LogP contribution in [0.5, 0.6) is 0 Å². The lowest BCUT2D eigenvalue weighted by molar-refractivity contribution is 1.11. The lowest BCUT2D eigenvalue weighted by Crippen LogP contribution is -1.98. The lowest BCUT2D eigenvalue weighted by atomic mass is 9.97. The van der Waals surface area contributed by atoms with E-state index in [4.69, 9.17) is 0 Å². The molecular formula is C48H33N3S. The molecule has 0 aliphatic heterocycles. The minimum Gasteiger partial charge on any atom is -0.309 e. The SMILES string of the molecule is C=Cc1c(C=CC)n(-c2ccc3c(c2)c2ccncc2n3-c2cccc(-c3cccc(-c4cccc5c4sc4ccccc45)c3)c2)c2ccccc12. The largest absolute Gasteiger partial charge is 0.309 e. The Labute approximate surface area is 305 Å². The number of thiophene rings is 1. The molecule has 0 atom stereocenters. The van der Waals surface area contributed by atoms with Gasteiger partial charge in [-0.2, -0.15) is 0 Å². The summed E-state index contributed by atoms with van der Waals surface area (Å²) in [4.78, 5) is 4.59. The van der Waals surface area contributed by atoms with Gasteiger partial charge in [-0.3, -0.25) is 4.98 Å². The molecular weight excluding hydrogens is 651 g/mol. The fraction of sp³-hybridized carbons (Fsp3) is 0.0208. The van der Waals surface area contributed by atoms with Gasteiger partial charge in [0.15, 0.2) is 0 Å². The van der Waals surface area contributed by atoms with Gasteiger partial charge >= 0.3 is 0 Å². The van der Waals surface area contributed by atoms with Crippen LogP contribution < -0.4 is 0 Å². The number of hydrogen-bond acceptors (Lipinski definition) is 2. The number of pyridine rings is 1. The molecule has 3 nitrogen and oxygen atoms in total. The Hall–Kier alpha value is -6.49. The van der Waals surface area contributed by atoms with E-state index in [1.165, 1.54) is 58.6 Å². The highest BCUT2D eigenvalue weighted by Gasteiger charge is 2.18. The summed E-state index contributed by atoms with van der Waals surface area (Å²) in [6.45, 7) is 6.24. The van der Waals surface area contributed by atoms with E-state index in [-0.39, 0.29) is 0 Å². The van der Waals surface area contributed by atoms with Gasteiger partial charge in [0, 0.05) is 59.5 Å². The minimum atomic E-state index is 1.08. The molecule has 6 aromatic carbocycles. The molecule has 246 valence electrons. The molecule has 0 spiro atoms. The molecule has 0 saturated heterocycles. The molecule has 0 radical (unpaired) electrons. The molecule has 0 aliphatic rings. The normalized spacial score (nSPS) is 11.9. The van der Waals surface area contributed by atoms with Gasteiger partial charge in [-0.15, -0.1) is 11.3 Å². The summed E-state index contributed by atoms with van der Waals surface area (Å²) in [7, 11) is 0. The number of aromatic nitrogens is 3. The first-order chi connectivity index (χ1) is 25.7. The van der Waals surface area contributed by atoms with E-state index < -0.39 is 0 Å². The van der Waals surface area contributed by atoms with Crippen LogP contribution in [0.15, 0.2) is 165 Å². The number of rotatable bonds is 6. The van der Waals surface area contributed by atoms with E-state index in [1.54, 1.807) is 0 Å². The second-order valence-corrected chi connectivity index (χ2v) is 14.2. The fourth-order valence-electron chi connectivity index (χ4n) is 8.04. The number of para-hydroxylation sites is 1. The van der Waals surface area contributed by atoms with E-state index in [9.17, 15) is 0 Å². The molecule has 4 heteroatoms. The summed E-state index contributed by atoms with van der Waals surface area (Å²) in [5.74, 6) is 0. The van der Waals surface area contributed by atoms with Crippen LogP contribution in [0, 0.1) is 0 Å². The van der Waals surface area contributed by atoms with Crippen molar-refractivity contribution in [3.05, 3.63) is 176 Å². The van der Waals surface area contributed by atoms with Crippen LogP contribution >= 0.6 is 11.3 Å². The van der Waals surface area contributed by atoms with Crippen LogP contribution in [0.25, 0.3) is 98.7 Å². The van der Waals surface area contributed by atoms with Crippen molar-refractivity contribution in [3.8, 4) is 33.6 Å². The Kier molecular flexibility index (Phi) is 7.05. The van der Waals surface area contributed by atoms with Gasteiger partial charge in [-0.25, -0.2) is 0 Å². The molecule has 10 aromatic rings. The third-order valence-electron chi connectivity index (χ3n) is 10.3. The second kappa shape index (κ2) is 12.1. The molecule has 0 bridgehead atoms. The Morgan fingerprint density at radius 1 is 0.577 bits per heavy atom. The molecule has 0 saturated carbocycles. The molecule has 4 heterocycles. The number of benzene rings is 6. The summed E-state index contributed by atoms with van der Waals surface area (Å²) in [5, 5.41) is 6.19. The highest BCUT2D eigenvalue weighted by atomic mass is 32.1. The maximum Gasteiger partial charge on any atom is 0.0724 e. The summed E-state index contributed by atoms with van der Waals surface area (Å²) in [6.07, 6.45) is 10.1. The molecule has 52 heavy (non-hydrogen) atoms. The lowest BCUT2D eigenvalue weighted by Gasteiger charge is -2.13. The Balaban J connectivity index is 1.12. The van der Waals surface area contributed by atoms with Crippen molar-refractivity contribution < 1.29 is 0 Å². The number of hydrogen-bond donors (Lipinski definition) is 0. The van der Waals surface area contributed by atoms with E-state index in [2.05, 4.69) is 179 Å². The van der Waals surface area contributed by atoms with E-state index >= 15 is 0 Å². The monoisotopic (exact) mass is 683 g/mol. The van der Waals surface area contributed by atoms with Crippen LogP contribution in [0.2, 0.25) is 0 Å². The first-order valence-electron chi connectivity index (χ1n) is 17.6. The summed E-state index contributed by atoms with van der Waals surface area (Å²) in [5.41, 5.74) is 12.7. The zero-order valence-corrected chi connectivity index (χ0v) is 29.4. The van der Waals surface area contributed by atoms with Crippen LogP contribution in [0.3, 0.4) is 0 Å². The van der Waals surface area contributed by atoms with Gasteiger partial charge in [-0.05, 0) is 89.9 Å². The maximum atomic E-state index is 4.59. The average Bonchev–Trinajstić information content (AvgIpc) is 3.85. The van der Waals surface area contributed by atoms with Gasteiger partial charge in [0.25, 0.3) is 0 Å². The van der Waals surface area contributed by atoms with Crippen molar-refractivity contribution in [2.45, 2.75) is 6.92 Å². The quantitative estimate of drug-likeness (QED) is 0.171. The predicted molar refractivity (Wildman–Crippen MR) is 224 cm³/mol. The van der Waals surface area contributed by atoms with Gasteiger partial charge < -0.3 is 9.13 Å². The predicted octanol–water partition coefficient (Wildman–Crippen LogP) is 13.5. The molecule has 0 fully saturated rings. The minimum absolute atomic E-state index is 1.08. The van der Waals surface area contributed by atoms with E-state index in [0.29, 0.717) is 0 Å². The van der Waals surface area contributed by atoms with Crippen LogP contribution in [0.1, 0.15) is 18.2 Å². The van der Waals surface area contributed by atoms with Gasteiger partial charge in [-0.1, -0.05) is 104 Å². The standard InChI is InChI=1S/C48H33N3S/c1-3-12-43-36(4-2)38-17-5-7-21-44(38)50(43)35-23-24-45-42(29-35)39-25-26-49-30-46(39)51(45)34-16-10-14-32(28-34)31-13-9-15-33(27-31)37-19-11-20-41-40-18-6-8-22-47(40)52-48(37)41/h3-30H,2H2,1H3. The third-order valence-corrected chi connectivity index (χ3v) is 11.5. The van der Waals surface area contributed by atoms with Crippen LogP contribution in [-0.2, 0) is 0 Å². The van der Waals surface area contributed by atoms with E-state index in [0.717, 1.165) is 39.2 Å². The zero-order chi connectivity index (χ0) is 34.8. The Morgan fingerprint density at radius 2 is 1.31 bits per heavy atom. The first-order valence-corrected chi connectivity index (χ1v) is 18.4. The molecule has 4 aromatic heterocycles. The Bertz CT molecular complexity index is 3060. The number of fused-ring (bicyclic) bond motifs is 7. The summed E-state index contributed by atoms with van der Waals surface area (Å²) < 4.78 is 7.35. The van der Waals surface area contributed by atoms with Crippen molar-refractivity contribution in [2.24, 2.45) is 0 Å². The number of allylic oxidation sites excluding steroid dienone is 1. The van der Waals surface area contributed by atoms with Crippen molar-refractivity contribution in [2.75, 3.05) is 0 Å². The smallest absolute Gasteiger partial charge is 0.0724 e. The molecule has 0 N–H and O–H groups in total. The number of nitrogens with zero attached hydrogens (tertiary/aromatic N) is 3. The first kappa shape index (κ1) is 30.3. The second-order valence-electron chi connectivity index (χ2n) is 13.2. The van der Waals surface area contributed by atoms with Crippen molar-refractivity contribution in [3.63, 3.8) is 0 Å². The Morgan fingerprint density at radius 3 is 2.19 bits per heavy atom. The third kappa shape index (κ3) is 4.62. The summed E-state index contributed by atoms with van der Waals surface area (Å²) >= 11 is 1.87. The molecule has 0 aliphatic carbocycles. The zero-order valence-electron chi connectivity index (χ0n) is 28.6. The van der Waals surface area contributed by atoms with Crippen LogP contribution in [0.4, 0.5) is 0 Å². The van der Waals surface area contributed by atoms with Crippen molar-refractivity contribution >= 4 is 76.4 Å². The molecule has 10 rings (SSSR count). The summed E-state index contributed by atoms with van der Waals surface area (Å²) in [6, 6.07) is 50.8.